The van der Waals surface area contributed by atoms with Crippen LogP contribution in [0.5, 0.6) is 0 Å². The first-order valence-corrected chi connectivity index (χ1v) is 10.1. The maximum atomic E-state index is 12.6. The van der Waals surface area contributed by atoms with Gasteiger partial charge in [0.25, 0.3) is 0 Å². The van der Waals surface area contributed by atoms with Crippen LogP contribution in [0.25, 0.3) is 11.3 Å². The molecule has 1 aliphatic rings. The quantitative estimate of drug-likeness (QED) is 0.666. The lowest BCUT2D eigenvalue weighted by Gasteiger charge is -2.35. The molecule has 1 saturated heterocycles. The van der Waals surface area contributed by atoms with E-state index in [-0.39, 0.29) is 5.91 Å². The summed E-state index contributed by atoms with van der Waals surface area (Å²) in [6.07, 6.45) is 4.48. The summed E-state index contributed by atoms with van der Waals surface area (Å²) in [5.41, 5.74) is 3.49. The lowest BCUT2D eigenvalue weighted by Crippen LogP contribution is -2.49. The van der Waals surface area contributed by atoms with Crippen molar-refractivity contribution in [1.82, 2.24) is 14.9 Å². The first-order chi connectivity index (χ1) is 14.1. The molecule has 3 heterocycles. The first kappa shape index (κ1) is 19.2. The van der Waals surface area contributed by atoms with Crippen LogP contribution in [0.15, 0.2) is 53.2 Å². The van der Waals surface area contributed by atoms with Crippen LogP contribution in [0.4, 0.5) is 5.82 Å². The van der Waals surface area contributed by atoms with Crippen LogP contribution in [0.1, 0.15) is 23.4 Å². The van der Waals surface area contributed by atoms with E-state index in [0.717, 1.165) is 43.3 Å². The number of piperazine rings is 1. The average Bonchev–Trinajstić information content (AvgIpc) is 3.24. The van der Waals surface area contributed by atoms with Crippen molar-refractivity contribution in [2.75, 3.05) is 31.1 Å². The summed E-state index contributed by atoms with van der Waals surface area (Å²) in [6, 6.07) is 12.1. The van der Waals surface area contributed by atoms with Gasteiger partial charge in [-0.2, -0.15) is 0 Å². The summed E-state index contributed by atoms with van der Waals surface area (Å²) in [4.78, 5) is 25.5. The molecule has 0 N–H and O–H groups in total. The van der Waals surface area contributed by atoms with Gasteiger partial charge in [0.2, 0.25) is 5.91 Å². The molecule has 0 saturated carbocycles. The number of amides is 1. The van der Waals surface area contributed by atoms with Crippen molar-refractivity contribution >= 4 is 11.7 Å². The van der Waals surface area contributed by atoms with E-state index in [4.69, 9.17) is 4.42 Å². The molecule has 0 atom stereocenters. The van der Waals surface area contributed by atoms with Gasteiger partial charge in [-0.05, 0) is 43.2 Å². The van der Waals surface area contributed by atoms with Gasteiger partial charge in [-0.25, -0.2) is 9.97 Å². The molecule has 3 aromatic rings. The van der Waals surface area contributed by atoms with Crippen LogP contribution >= 0.6 is 0 Å². The highest BCUT2D eigenvalue weighted by atomic mass is 16.4. The summed E-state index contributed by atoms with van der Waals surface area (Å²) in [7, 11) is 0. The molecule has 0 bridgehead atoms. The molecule has 0 spiro atoms. The van der Waals surface area contributed by atoms with E-state index < -0.39 is 0 Å². The molecule has 6 nitrogen and oxygen atoms in total. The molecule has 2 aromatic heterocycles. The monoisotopic (exact) mass is 390 g/mol. The van der Waals surface area contributed by atoms with E-state index in [9.17, 15) is 4.79 Å². The number of rotatable bonds is 5. The molecule has 1 fully saturated rings. The number of pyridine rings is 1. The largest absolute Gasteiger partial charge is 0.441 e. The molecular formula is C23H26N4O2. The molecule has 1 aromatic carbocycles. The van der Waals surface area contributed by atoms with Gasteiger partial charge in [0.15, 0.2) is 11.7 Å². The zero-order chi connectivity index (χ0) is 20.2. The van der Waals surface area contributed by atoms with Crippen molar-refractivity contribution in [3.8, 4) is 11.3 Å². The number of hydrogen-bond acceptors (Lipinski definition) is 5. The third kappa shape index (κ3) is 4.47. The molecule has 1 amide bonds. The Morgan fingerprint density at radius 2 is 1.86 bits per heavy atom. The second kappa shape index (κ2) is 8.47. The first-order valence-electron chi connectivity index (χ1n) is 10.1. The van der Waals surface area contributed by atoms with E-state index in [2.05, 4.69) is 40.8 Å². The topological polar surface area (TPSA) is 62.5 Å². The van der Waals surface area contributed by atoms with E-state index in [1.54, 1.807) is 12.4 Å². The minimum absolute atomic E-state index is 0.150. The molecule has 29 heavy (non-hydrogen) atoms. The van der Waals surface area contributed by atoms with Gasteiger partial charge in [-0.15, -0.1) is 0 Å². The van der Waals surface area contributed by atoms with Crippen LogP contribution in [0.3, 0.4) is 0 Å². The number of carbonyl (C=O) groups is 1. The highest BCUT2D eigenvalue weighted by Crippen LogP contribution is 2.23. The fourth-order valence-corrected chi connectivity index (χ4v) is 3.55. The van der Waals surface area contributed by atoms with Crippen molar-refractivity contribution in [2.45, 2.75) is 26.7 Å². The molecular weight excluding hydrogens is 364 g/mol. The molecule has 0 unspecified atom stereocenters. The zero-order valence-corrected chi connectivity index (χ0v) is 17.0. The SMILES string of the molecule is Cc1ccc(-c2cnc(CCC(=O)N3CCN(c4ccccn4)CC3)o2)cc1C. The van der Waals surface area contributed by atoms with E-state index in [0.29, 0.717) is 18.7 Å². The Morgan fingerprint density at radius 3 is 2.59 bits per heavy atom. The van der Waals surface area contributed by atoms with E-state index >= 15 is 0 Å². The minimum atomic E-state index is 0.150. The maximum Gasteiger partial charge on any atom is 0.223 e. The van der Waals surface area contributed by atoms with Gasteiger partial charge in [-0.3, -0.25) is 4.79 Å². The number of benzene rings is 1. The van der Waals surface area contributed by atoms with Gasteiger partial charge in [-0.1, -0.05) is 18.2 Å². The third-order valence-corrected chi connectivity index (χ3v) is 5.50. The summed E-state index contributed by atoms with van der Waals surface area (Å²) in [5.74, 6) is 2.48. The van der Waals surface area contributed by atoms with Crippen molar-refractivity contribution < 1.29 is 9.21 Å². The third-order valence-electron chi connectivity index (χ3n) is 5.50. The van der Waals surface area contributed by atoms with E-state index in [1.165, 1.54) is 11.1 Å². The van der Waals surface area contributed by atoms with Gasteiger partial charge in [0, 0.05) is 50.8 Å². The van der Waals surface area contributed by atoms with E-state index in [1.807, 2.05) is 29.2 Å². The number of anilines is 1. The number of nitrogens with zero attached hydrogens (tertiary/aromatic N) is 4. The lowest BCUT2D eigenvalue weighted by atomic mass is 10.1. The number of hydrogen-bond donors (Lipinski definition) is 0. The maximum absolute atomic E-state index is 12.6. The average molecular weight is 390 g/mol. The Bertz CT molecular complexity index is 976. The number of aromatic nitrogens is 2. The van der Waals surface area contributed by atoms with Crippen LogP contribution in [0.2, 0.25) is 0 Å². The van der Waals surface area contributed by atoms with Gasteiger partial charge in [0.05, 0.1) is 6.20 Å². The highest BCUT2D eigenvalue weighted by molar-refractivity contribution is 5.76. The van der Waals surface area contributed by atoms with Crippen molar-refractivity contribution in [3.05, 3.63) is 65.8 Å². The van der Waals surface area contributed by atoms with Crippen LogP contribution in [0, 0.1) is 13.8 Å². The zero-order valence-electron chi connectivity index (χ0n) is 17.0. The molecule has 6 heteroatoms. The van der Waals surface area contributed by atoms with Crippen LogP contribution in [-0.4, -0.2) is 47.0 Å². The Kier molecular flexibility index (Phi) is 5.60. The predicted octanol–water partition coefficient (Wildman–Crippen LogP) is 3.63. The van der Waals surface area contributed by atoms with Gasteiger partial charge >= 0.3 is 0 Å². The highest BCUT2D eigenvalue weighted by Gasteiger charge is 2.22. The van der Waals surface area contributed by atoms with Gasteiger partial charge < -0.3 is 14.2 Å². The Labute approximate surface area is 171 Å². The number of carbonyl (C=O) groups excluding carboxylic acids is 1. The van der Waals surface area contributed by atoms with Crippen molar-refractivity contribution in [2.24, 2.45) is 0 Å². The molecule has 0 aliphatic carbocycles. The summed E-state index contributed by atoms with van der Waals surface area (Å²) >= 11 is 0. The van der Waals surface area contributed by atoms with Crippen molar-refractivity contribution in [3.63, 3.8) is 0 Å². The second-order valence-electron chi connectivity index (χ2n) is 7.47. The fourth-order valence-electron chi connectivity index (χ4n) is 3.55. The predicted molar refractivity (Wildman–Crippen MR) is 113 cm³/mol. The smallest absolute Gasteiger partial charge is 0.223 e. The molecule has 4 rings (SSSR count). The molecule has 0 radical (unpaired) electrons. The summed E-state index contributed by atoms with van der Waals surface area (Å²) in [5, 5.41) is 0. The minimum Gasteiger partial charge on any atom is -0.441 e. The normalized spacial score (nSPS) is 14.3. The van der Waals surface area contributed by atoms with Gasteiger partial charge in [0.1, 0.15) is 5.82 Å². The molecule has 150 valence electrons. The van der Waals surface area contributed by atoms with Crippen LogP contribution < -0.4 is 4.90 Å². The number of aryl methyl sites for hydroxylation is 3. The Hall–Kier alpha value is -3.15. The Morgan fingerprint density at radius 1 is 1.03 bits per heavy atom. The lowest BCUT2D eigenvalue weighted by molar-refractivity contribution is -0.131. The van der Waals surface area contributed by atoms with Crippen molar-refractivity contribution in [1.29, 1.82) is 0 Å². The molecule has 1 aliphatic heterocycles. The summed E-state index contributed by atoms with van der Waals surface area (Å²) in [6.45, 7) is 7.22. The van der Waals surface area contributed by atoms with Crippen LogP contribution in [-0.2, 0) is 11.2 Å². The number of oxazole rings is 1. The second-order valence-corrected chi connectivity index (χ2v) is 7.47. The standard InChI is InChI=1S/C23H26N4O2/c1-17-6-7-19(15-18(17)2)20-16-25-22(29-20)8-9-23(28)27-13-11-26(12-14-27)21-5-3-4-10-24-21/h3-7,10,15-16H,8-9,11-14H2,1-2H3. The summed E-state index contributed by atoms with van der Waals surface area (Å²) < 4.78 is 5.88. The fraction of sp³-hybridized carbons (Fsp3) is 0.348. The Balaban J connectivity index is 1.29.